The molecule has 0 aromatic carbocycles. The number of likely N-dealkylation sites (tertiary alicyclic amines) is 1. The SMILES string of the molecule is CO[C@@H]1COCC[C@@H]1N[C@@H]1CC[C@@](C(=O)N2Cc3cc(C(F)(F)F)cnc3[C@H](NC(=O)CCOCCOCCOCCOCCOCCOCCOCCOCCOCCOCCOCCOCCNC(=O)[C@H]3CC(=O)N(C)[C@@H]3c3cccnc3)C2)(C(C)C)C1. The number of hydrogen-bond acceptors (Lipinski definition) is 21. The Labute approximate surface area is 527 Å². The number of carbonyl (C=O) groups is 4. The van der Waals surface area contributed by atoms with Crippen LogP contribution in [-0.2, 0) is 98.2 Å². The van der Waals surface area contributed by atoms with Crippen LogP contribution in [0.25, 0.3) is 0 Å². The highest BCUT2D eigenvalue weighted by Crippen LogP contribution is 2.47. The summed E-state index contributed by atoms with van der Waals surface area (Å²) in [5.41, 5.74) is -0.248. The van der Waals surface area contributed by atoms with Gasteiger partial charge in [0.15, 0.2) is 0 Å². The number of methoxy groups -OCH3 is 1. The van der Waals surface area contributed by atoms with Crippen molar-refractivity contribution in [2.45, 2.75) is 95.4 Å². The van der Waals surface area contributed by atoms with Gasteiger partial charge >= 0.3 is 6.18 Å². The molecule has 4 amide bonds. The second kappa shape index (κ2) is 41.9. The van der Waals surface area contributed by atoms with E-state index in [4.69, 9.17) is 66.3 Å². The molecule has 3 aliphatic heterocycles. The minimum absolute atomic E-state index is 0.0113. The summed E-state index contributed by atoms with van der Waals surface area (Å²) in [4.78, 5) is 64.6. The second-order valence-electron chi connectivity index (χ2n) is 22.7. The van der Waals surface area contributed by atoms with Gasteiger partial charge in [-0.1, -0.05) is 19.9 Å². The highest BCUT2D eigenvalue weighted by molar-refractivity contribution is 5.90. The van der Waals surface area contributed by atoms with E-state index in [0.29, 0.717) is 177 Å². The molecule has 3 N–H and O–H groups in total. The molecule has 7 atom stereocenters. The van der Waals surface area contributed by atoms with E-state index in [-0.39, 0.29) is 105 Å². The van der Waals surface area contributed by atoms with Gasteiger partial charge < -0.3 is 92.1 Å². The molecule has 2 aromatic heterocycles. The zero-order valence-corrected chi connectivity index (χ0v) is 53.0. The Kier molecular flexibility index (Phi) is 34.6. The molecule has 1 saturated carbocycles. The number of alkyl halides is 3. The lowest BCUT2D eigenvalue weighted by Gasteiger charge is -2.42. The molecule has 90 heavy (non-hydrogen) atoms. The summed E-state index contributed by atoms with van der Waals surface area (Å²) in [6.07, 6.45) is 2.30. The van der Waals surface area contributed by atoms with Crippen LogP contribution in [0.15, 0.2) is 36.8 Å². The Morgan fingerprint density at radius 1 is 0.733 bits per heavy atom. The van der Waals surface area contributed by atoms with Gasteiger partial charge in [-0.15, -0.1) is 0 Å². The predicted molar refractivity (Wildman–Crippen MR) is 319 cm³/mol. The summed E-state index contributed by atoms with van der Waals surface area (Å²) in [5.74, 6) is -1.29. The number of nitrogens with zero attached hydrogens (tertiary/aromatic N) is 4. The van der Waals surface area contributed by atoms with Gasteiger partial charge in [0.1, 0.15) is 0 Å². The van der Waals surface area contributed by atoms with E-state index in [0.717, 1.165) is 30.7 Å². The largest absolute Gasteiger partial charge is 0.417 e. The molecule has 25 nitrogen and oxygen atoms in total. The fraction of sp³-hybridized carbons (Fsp3) is 0.774. The molecular formula is C62H98F3N7O18. The summed E-state index contributed by atoms with van der Waals surface area (Å²) < 4.78 is 119. The van der Waals surface area contributed by atoms with E-state index in [1.807, 2.05) is 19.9 Å². The maximum atomic E-state index is 14.6. The number of halogens is 3. The third-order valence-electron chi connectivity index (χ3n) is 16.2. The van der Waals surface area contributed by atoms with Crippen LogP contribution >= 0.6 is 0 Å². The average molecular weight is 1290 g/mol. The van der Waals surface area contributed by atoms with Crippen LogP contribution in [0.4, 0.5) is 13.2 Å². The van der Waals surface area contributed by atoms with E-state index in [1.165, 1.54) is 0 Å². The maximum Gasteiger partial charge on any atom is 0.417 e. The summed E-state index contributed by atoms with van der Waals surface area (Å²) in [6, 6.07) is 3.71. The number of rotatable bonds is 47. The normalized spacial score (nSPS) is 22.0. The fourth-order valence-corrected chi connectivity index (χ4v) is 11.3. The van der Waals surface area contributed by atoms with E-state index in [1.54, 1.807) is 42.4 Å². The van der Waals surface area contributed by atoms with Gasteiger partial charge in [0, 0.05) is 83.9 Å². The lowest BCUT2D eigenvalue weighted by atomic mass is 9.73. The Bertz CT molecular complexity index is 2360. The first-order chi connectivity index (χ1) is 43.7. The molecule has 0 unspecified atom stereocenters. The third kappa shape index (κ3) is 25.7. The first kappa shape index (κ1) is 74.4. The summed E-state index contributed by atoms with van der Waals surface area (Å²) in [7, 11) is 3.37. The Morgan fingerprint density at radius 3 is 1.74 bits per heavy atom. The summed E-state index contributed by atoms with van der Waals surface area (Å²) >= 11 is 0. The molecule has 28 heteroatoms. The number of fused-ring (bicyclic) bond motifs is 1. The maximum absolute atomic E-state index is 14.6. The highest BCUT2D eigenvalue weighted by Gasteiger charge is 2.51. The van der Waals surface area contributed by atoms with Gasteiger partial charge in [0.25, 0.3) is 0 Å². The van der Waals surface area contributed by atoms with Crippen LogP contribution in [0.1, 0.15) is 86.8 Å². The van der Waals surface area contributed by atoms with Gasteiger partial charge in [-0.2, -0.15) is 13.2 Å². The number of hydrogen-bond donors (Lipinski definition) is 3. The number of pyridine rings is 2. The lowest BCUT2D eigenvalue weighted by molar-refractivity contribution is -0.147. The van der Waals surface area contributed by atoms with E-state index in [2.05, 4.69) is 25.9 Å². The van der Waals surface area contributed by atoms with Crippen LogP contribution in [0.2, 0.25) is 0 Å². The molecule has 0 bridgehead atoms. The number of ether oxygens (including phenoxy) is 14. The van der Waals surface area contributed by atoms with Crippen molar-refractivity contribution in [3.63, 3.8) is 0 Å². The Hall–Kier alpha value is -4.63. The fourth-order valence-electron chi connectivity index (χ4n) is 11.3. The van der Waals surface area contributed by atoms with Crippen molar-refractivity contribution in [1.82, 2.24) is 35.7 Å². The van der Waals surface area contributed by atoms with Crippen LogP contribution in [0, 0.1) is 17.3 Å². The predicted octanol–water partition coefficient (Wildman–Crippen LogP) is 3.51. The highest BCUT2D eigenvalue weighted by atomic mass is 19.4. The smallest absolute Gasteiger partial charge is 0.379 e. The van der Waals surface area contributed by atoms with Crippen molar-refractivity contribution in [2.24, 2.45) is 17.3 Å². The molecule has 5 heterocycles. The zero-order valence-electron chi connectivity index (χ0n) is 53.0. The minimum Gasteiger partial charge on any atom is -0.379 e. The average Bonchev–Trinajstić information content (AvgIpc) is 1.57. The molecule has 1 aliphatic carbocycles. The first-order valence-corrected chi connectivity index (χ1v) is 31.6. The van der Waals surface area contributed by atoms with Crippen molar-refractivity contribution in [2.75, 3.05) is 199 Å². The lowest BCUT2D eigenvalue weighted by Crippen LogP contribution is -2.53. The number of carbonyl (C=O) groups excluding carboxylic acids is 4. The quantitative estimate of drug-likeness (QED) is 0.0801. The van der Waals surface area contributed by atoms with Crippen LogP contribution in [0.5, 0.6) is 0 Å². The molecule has 2 saturated heterocycles. The van der Waals surface area contributed by atoms with Gasteiger partial charge in [-0.3, -0.25) is 29.1 Å². The molecule has 3 fully saturated rings. The number of nitrogens with one attached hydrogen (secondary N) is 3. The minimum atomic E-state index is -4.63. The van der Waals surface area contributed by atoms with Gasteiger partial charge in [0.05, 0.1) is 206 Å². The topological polar surface area (TPSA) is 266 Å². The van der Waals surface area contributed by atoms with Crippen molar-refractivity contribution in [1.29, 1.82) is 0 Å². The van der Waals surface area contributed by atoms with Gasteiger partial charge in [-0.25, -0.2) is 0 Å². The Morgan fingerprint density at radius 2 is 1.26 bits per heavy atom. The van der Waals surface area contributed by atoms with Gasteiger partial charge in [-0.05, 0) is 54.9 Å². The summed E-state index contributed by atoms with van der Waals surface area (Å²) in [5, 5.41) is 9.52. The van der Waals surface area contributed by atoms with E-state index in [9.17, 15) is 32.3 Å². The third-order valence-corrected chi connectivity index (χ3v) is 16.2. The second-order valence-corrected chi connectivity index (χ2v) is 22.7. The molecular weight excluding hydrogens is 1190 g/mol. The van der Waals surface area contributed by atoms with Crippen molar-refractivity contribution < 1.29 is 98.7 Å². The molecule has 0 radical (unpaired) electrons. The van der Waals surface area contributed by atoms with Crippen LogP contribution in [-0.4, -0.2) is 261 Å². The van der Waals surface area contributed by atoms with Crippen LogP contribution in [0.3, 0.4) is 0 Å². The molecule has 6 rings (SSSR count). The number of aromatic nitrogens is 2. The zero-order chi connectivity index (χ0) is 64.2. The monoisotopic (exact) mass is 1290 g/mol. The standard InChI is InChI=1S/C62H98F3N7O18/c1-46(2)61(10-7-50(40-61)69-52-8-13-90-45-54(52)77-4)60(76)72-43-48-38-49(62(63,64)65)42-68-57(48)53(44-72)70-55(73)9-14-78-16-18-80-20-22-82-24-26-84-28-30-86-32-34-88-36-37-89-35-33-87-31-29-85-27-25-83-23-21-81-19-17-79-15-12-67-59(75)51-39-56(74)71(3)58(51)47-6-5-11-66-41-47/h5-6,11,38,41-42,46,50-54,58,69H,7-10,12-37,39-40,43-45H2,1-4H3,(H,67,75)(H,70,73)/t50-,51+,52+,53-,54-,58-,61+/m1/s1. The number of amides is 4. The van der Waals surface area contributed by atoms with E-state index >= 15 is 0 Å². The van der Waals surface area contributed by atoms with Crippen molar-refractivity contribution in [3.8, 4) is 0 Å². The van der Waals surface area contributed by atoms with Crippen LogP contribution < -0.4 is 16.0 Å². The van der Waals surface area contributed by atoms with Gasteiger partial charge in [0.2, 0.25) is 23.6 Å². The molecule has 0 spiro atoms. The molecule has 4 aliphatic rings. The Balaban J connectivity index is 0.656. The van der Waals surface area contributed by atoms with Crippen molar-refractivity contribution >= 4 is 23.6 Å². The first-order valence-electron chi connectivity index (χ1n) is 31.6. The molecule has 510 valence electrons. The van der Waals surface area contributed by atoms with E-state index < -0.39 is 29.1 Å². The van der Waals surface area contributed by atoms with Crippen molar-refractivity contribution in [3.05, 3.63) is 59.2 Å². The summed E-state index contributed by atoms with van der Waals surface area (Å²) in [6.45, 7) is 14.8. The molecule has 2 aromatic rings.